The average Bonchev–Trinajstić information content (AvgIpc) is 2.70. The number of aryl methyl sites for hydroxylation is 2. The van der Waals surface area contributed by atoms with E-state index >= 15 is 0 Å². The van der Waals surface area contributed by atoms with Gasteiger partial charge >= 0.3 is 0 Å². The summed E-state index contributed by atoms with van der Waals surface area (Å²) in [6.07, 6.45) is 2.18. The molecule has 28 heavy (non-hydrogen) atoms. The van der Waals surface area contributed by atoms with E-state index in [4.69, 9.17) is 0 Å². The van der Waals surface area contributed by atoms with Crippen LogP contribution in [0.5, 0.6) is 0 Å². The first kappa shape index (κ1) is 21.0. The van der Waals surface area contributed by atoms with Crippen LogP contribution in [0, 0.1) is 12.8 Å². The number of benzene rings is 2. The highest BCUT2D eigenvalue weighted by molar-refractivity contribution is 9.10. The number of carbonyl (C=O) groups excluding carboxylic acids is 1. The van der Waals surface area contributed by atoms with Crippen molar-refractivity contribution in [2.75, 3.05) is 18.4 Å². The van der Waals surface area contributed by atoms with Crippen molar-refractivity contribution in [2.45, 2.75) is 38.0 Å². The van der Waals surface area contributed by atoms with Crippen LogP contribution < -0.4 is 5.32 Å². The molecule has 1 unspecified atom stereocenters. The molecule has 1 N–H and O–H groups in total. The van der Waals surface area contributed by atoms with E-state index in [9.17, 15) is 13.2 Å². The second-order valence-electron chi connectivity index (χ2n) is 7.11. The summed E-state index contributed by atoms with van der Waals surface area (Å²) in [5.74, 6) is -0.469. The van der Waals surface area contributed by atoms with Gasteiger partial charge in [0, 0.05) is 23.2 Å². The average molecular weight is 465 g/mol. The third kappa shape index (κ3) is 4.47. The van der Waals surface area contributed by atoms with Crippen LogP contribution in [0.2, 0.25) is 0 Å². The lowest BCUT2D eigenvalue weighted by Crippen LogP contribution is -2.43. The van der Waals surface area contributed by atoms with E-state index in [1.807, 2.05) is 25.1 Å². The van der Waals surface area contributed by atoms with Crippen LogP contribution in [-0.2, 0) is 21.2 Å². The van der Waals surface area contributed by atoms with Gasteiger partial charge < -0.3 is 5.32 Å². The molecule has 0 bridgehead atoms. The first-order valence-corrected chi connectivity index (χ1v) is 11.7. The molecular weight excluding hydrogens is 440 g/mol. The fourth-order valence-electron chi connectivity index (χ4n) is 3.56. The number of halogens is 1. The maximum atomic E-state index is 13.0. The Kier molecular flexibility index (Phi) is 6.58. The molecule has 0 radical (unpaired) electrons. The van der Waals surface area contributed by atoms with Gasteiger partial charge in [0.25, 0.3) is 0 Å². The zero-order valence-electron chi connectivity index (χ0n) is 16.1. The van der Waals surface area contributed by atoms with E-state index in [0.29, 0.717) is 19.4 Å². The van der Waals surface area contributed by atoms with Gasteiger partial charge in [-0.05, 0) is 61.6 Å². The third-order valence-corrected chi connectivity index (χ3v) is 7.60. The summed E-state index contributed by atoms with van der Waals surface area (Å²) in [5.41, 5.74) is 2.95. The highest BCUT2D eigenvalue weighted by Gasteiger charge is 2.33. The van der Waals surface area contributed by atoms with Gasteiger partial charge in [0.1, 0.15) is 0 Å². The van der Waals surface area contributed by atoms with Crippen LogP contribution in [0.3, 0.4) is 0 Å². The standard InChI is InChI=1S/C21H25BrN2O3S/c1-3-16-7-4-6-15(2)20(16)23-21(25)17-8-5-13-24(14-17)28(26,27)19-11-9-18(22)10-12-19/h4,6-7,9-12,17H,3,5,8,13-14H2,1-2H3,(H,23,25). The maximum Gasteiger partial charge on any atom is 0.243 e. The van der Waals surface area contributed by atoms with E-state index in [0.717, 1.165) is 27.7 Å². The van der Waals surface area contributed by atoms with Gasteiger partial charge in [-0.15, -0.1) is 0 Å². The number of hydrogen-bond donors (Lipinski definition) is 1. The van der Waals surface area contributed by atoms with Crippen molar-refractivity contribution in [1.82, 2.24) is 4.31 Å². The first-order chi connectivity index (χ1) is 13.3. The predicted octanol–water partition coefficient (Wildman–Crippen LogP) is 4.36. The van der Waals surface area contributed by atoms with Crippen LogP contribution in [0.4, 0.5) is 5.69 Å². The Balaban J connectivity index is 1.76. The lowest BCUT2D eigenvalue weighted by atomic mass is 9.98. The molecule has 3 rings (SSSR count). The lowest BCUT2D eigenvalue weighted by Gasteiger charge is -2.31. The van der Waals surface area contributed by atoms with Crippen molar-refractivity contribution in [2.24, 2.45) is 5.92 Å². The first-order valence-electron chi connectivity index (χ1n) is 9.48. The van der Waals surface area contributed by atoms with Crippen LogP contribution in [-0.4, -0.2) is 31.7 Å². The number of anilines is 1. The summed E-state index contributed by atoms with van der Waals surface area (Å²) in [5, 5.41) is 3.05. The fraction of sp³-hybridized carbons (Fsp3) is 0.381. The molecule has 1 fully saturated rings. The molecule has 0 aliphatic carbocycles. The molecule has 0 spiro atoms. The monoisotopic (exact) mass is 464 g/mol. The minimum absolute atomic E-state index is 0.111. The van der Waals surface area contributed by atoms with Crippen LogP contribution in [0.1, 0.15) is 30.9 Å². The molecule has 1 atom stereocenters. The normalized spacial score (nSPS) is 18.0. The molecule has 0 saturated carbocycles. The predicted molar refractivity (Wildman–Crippen MR) is 115 cm³/mol. The number of rotatable bonds is 5. The Morgan fingerprint density at radius 2 is 1.93 bits per heavy atom. The Morgan fingerprint density at radius 1 is 1.21 bits per heavy atom. The summed E-state index contributed by atoms with van der Waals surface area (Å²) in [6, 6.07) is 12.6. The SMILES string of the molecule is CCc1cccc(C)c1NC(=O)C1CCCN(S(=O)(=O)c2ccc(Br)cc2)C1. The second-order valence-corrected chi connectivity index (χ2v) is 9.96. The number of piperidine rings is 1. The van der Waals surface area contributed by atoms with Gasteiger partial charge in [0.15, 0.2) is 0 Å². The van der Waals surface area contributed by atoms with Crippen molar-refractivity contribution in [3.63, 3.8) is 0 Å². The second kappa shape index (κ2) is 8.76. The largest absolute Gasteiger partial charge is 0.325 e. The van der Waals surface area contributed by atoms with Crippen molar-refractivity contribution < 1.29 is 13.2 Å². The number of sulfonamides is 1. The summed E-state index contributed by atoms with van der Waals surface area (Å²) >= 11 is 3.32. The zero-order valence-corrected chi connectivity index (χ0v) is 18.5. The number of para-hydroxylation sites is 1. The highest BCUT2D eigenvalue weighted by atomic mass is 79.9. The Labute approximate surface area is 175 Å². The Hall–Kier alpha value is -1.70. The molecule has 5 nitrogen and oxygen atoms in total. The third-order valence-electron chi connectivity index (χ3n) is 5.19. The van der Waals surface area contributed by atoms with Gasteiger partial charge in [-0.2, -0.15) is 4.31 Å². The topological polar surface area (TPSA) is 66.5 Å². The molecule has 150 valence electrons. The van der Waals surface area contributed by atoms with Gasteiger partial charge in [-0.3, -0.25) is 4.79 Å². The van der Waals surface area contributed by atoms with Gasteiger partial charge in [0.2, 0.25) is 15.9 Å². The minimum Gasteiger partial charge on any atom is -0.325 e. The number of nitrogens with one attached hydrogen (secondary N) is 1. The van der Waals surface area contributed by atoms with E-state index in [1.165, 1.54) is 4.31 Å². The number of hydrogen-bond acceptors (Lipinski definition) is 3. The Morgan fingerprint density at radius 3 is 2.61 bits per heavy atom. The molecule has 1 aliphatic heterocycles. The molecule has 2 aromatic carbocycles. The maximum absolute atomic E-state index is 13.0. The summed E-state index contributed by atoms with van der Waals surface area (Å²) < 4.78 is 28.2. The van der Waals surface area contributed by atoms with Crippen molar-refractivity contribution in [1.29, 1.82) is 0 Å². The number of amides is 1. The van der Waals surface area contributed by atoms with E-state index in [-0.39, 0.29) is 23.3 Å². The highest BCUT2D eigenvalue weighted by Crippen LogP contribution is 2.27. The van der Waals surface area contributed by atoms with Crippen molar-refractivity contribution in [3.05, 3.63) is 58.1 Å². The summed E-state index contributed by atoms with van der Waals surface area (Å²) in [4.78, 5) is 13.2. The Bertz CT molecular complexity index is 958. The molecule has 0 aromatic heterocycles. The van der Waals surface area contributed by atoms with E-state index in [2.05, 4.69) is 28.2 Å². The van der Waals surface area contributed by atoms with Crippen molar-refractivity contribution >= 4 is 37.5 Å². The lowest BCUT2D eigenvalue weighted by molar-refractivity contribution is -0.120. The number of nitrogens with zero attached hydrogens (tertiary/aromatic N) is 1. The van der Waals surface area contributed by atoms with Gasteiger partial charge in [-0.1, -0.05) is 41.1 Å². The van der Waals surface area contributed by atoms with Crippen LogP contribution in [0.25, 0.3) is 0 Å². The molecule has 1 heterocycles. The van der Waals surface area contributed by atoms with Gasteiger partial charge in [0.05, 0.1) is 10.8 Å². The molecule has 1 amide bonds. The van der Waals surface area contributed by atoms with E-state index < -0.39 is 10.0 Å². The molecule has 1 aliphatic rings. The smallest absolute Gasteiger partial charge is 0.243 e. The van der Waals surface area contributed by atoms with Gasteiger partial charge in [-0.25, -0.2) is 8.42 Å². The summed E-state index contributed by atoms with van der Waals surface area (Å²) in [7, 11) is -3.61. The molecular formula is C21H25BrN2O3S. The molecule has 1 saturated heterocycles. The van der Waals surface area contributed by atoms with Crippen LogP contribution in [0.15, 0.2) is 51.8 Å². The van der Waals surface area contributed by atoms with Crippen molar-refractivity contribution in [3.8, 4) is 0 Å². The number of carbonyl (C=O) groups is 1. The minimum atomic E-state index is -3.61. The summed E-state index contributed by atoms with van der Waals surface area (Å²) in [6.45, 7) is 4.67. The molecule has 2 aromatic rings. The quantitative estimate of drug-likeness (QED) is 0.714. The fourth-order valence-corrected chi connectivity index (χ4v) is 5.35. The van der Waals surface area contributed by atoms with Crippen LogP contribution >= 0.6 is 15.9 Å². The zero-order chi connectivity index (χ0) is 20.3. The van der Waals surface area contributed by atoms with E-state index in [1.54, 1.807) is 24.3 Å². The molecule has 7 heteroatoms.